The highest BCUT2D eigenvalue weighted by Gasteiger charge is 2.47. The number of hydrogen-bond acceptors (Lipinski definition) is 3. The molecule has 0 aliphatic carbocycles. The smallest absolute Gasteiger partial charge is 0.416 e. The molecule has 5 rings (SSSR count). The number of alkyl halides is 3. The van der Waals surface area contributed by atoms with Crippen molar-refractivity contribution in [2.24, 2.45) is 0 Å². The summed E-state index contributed by atoms with van der Waals surface area (Å²) in [4.78, 5) is 12.9. The maximum Gasteiger partial charge on any atom is 0.416 e. The highest BCUT2D eigenvalue weighted by Crippen LogP contribution is 2.58. The number of halogens is 5. The van der Waals surface area contributed by atoms with E-state index in [0.29, 0.717) is 23.2 Å². The predicted molar refractivity (Wildman–Crippen MR) is 157 cm³/mol. The Bertz CT molecular complexity index is 1460. The van der Waals surface area contributed by atoms with Crippen LogP contribution < -0.4 is 32.9 Å². The van der Waals surface area contributed by atoms with Crippen molar-refractivity contribution < 1.29 is 44.1 Å². The number of furan rings is 1. The number of carbonyl (C=O) groups excluding carboxylic acids is 1. The van der Waals surface area contributed by atoms with E-state index in [4.69, 9.17) is 9.15 Å². The highest BCUT2D eigenvalue weighted by molar-refractivity contribution is 7.95. The minimum absolute atomic E-state index is 0. The summed E-state index contributed by atoms with van der Waals surface area (Å²) >= 11 is 0. The van der Waals surface area contributed by atoms with Crippen LogP contribution in [0.1, 0.15) is 21.7 Å². The van der Waals surface area contributed by atoms with E-state index in [1.165, 1.54) is 19.2 Å². The van der Waals surface area contributed by atoms with Gasteiger partial charge in [-0.15, -0.1) is 12.4 Å². The quantitative estimate of drug-likeness (QED) is 0.188. The van der Waals surface area contributed by atoms with Crippen LogP contribution in [0.5, 0.6) is 0 Å². The van der Waals surface area contributed by atoms with Gasteiger partial charge < -0.3 is 26.1 Å². The van der Waals surface area contributed by atoms with Crippen LogP contribution >= 0.6 is 19.7 Å². The number of ether oxygens (including phenoxy) is 1. The summed E-state index contributed by atoms with van der Waals surface area (Å²) in [7, 11) is -1.11. The molecular weight excluding hydrogens is 636 g/mol. The first kappa shape index (κ1) is 32.1. The summed E-state index contributed by atoms with van der Waals surface area (Å²) in [6, 6.07) is 36.6. The fraction of sp³-hybridized carbons (Fsp3) is 0.0938. The van der Waals surface area contributed by atoms with Crippen molar-refractivity contribution in [3.8, 4) is 11.3 Å². The molecule has 4 aromatic carbocycles. The van der Waals surface area contributed by atoms with Crippen molar-refractivity contribution in [1.82, 2.24) is 0 Å². The predicted octanol–water partition coefficient (Wildman–Crippen LogP) is 4.67. The summed E-state index contributed by atoms with van der Waals surface area (Å²) in [5.41, 5.74) is -0.0737. The standard InChI is InChI=1S/C32H25F3O3P.BrH.ClH/c1-37-31(36)28-21-29(23-17-19-24(20-18-23)32(33,34)35)38-30(28)22-39(25-11-5-2-6-12-25,26-13-7-3-8-14-26)27-15-9-4-10-16-27;;/h2-21H,22H2,1H3;2*1H/q+1;;/p-1. The second-order valence-electron chi connectivity index (χ2n) is 8.99. The van der Waals surface area contributed by atoms with Crippen molar-refractivity contribution in [3.05, 3.63) is 138 Å². The van der Waals surface area contributed by atoms with Gasteiger partial charge in [-0.1, -0.05) is 66.7 Å². The third-order valence-electron chi connectivity index (χ3n) is 6.68. The van der Waals surface area contributed by atoms with Crippen molar-refractivity contribution in [3.63, 3.8) is 0 Å². The maximum atomic E-state index is 13.1. The van der Waals surface area contributed by atoms with Crippen molar-refractivity contribution in [2.45, 2.75) is 12.3 Å². The van der Waals surface area contributed by atoms with Crippen LogP contribution in [0.4, 0.5) is 13.2 Å². The Balaban J connectivity index is 0.00000231. The number of esters is 1. The van der Waals surface area contributed by atoms with E-state index in [1.807, 2.05) is 54.6 Å². The molecule has 0 unspecified atom stereocenters. The minimum Gasteiger partial charge on any atom is -1.00 e. The molecule has 41 heavy (non-hydrogen) atoms. The van der Waals surface area contributed by atoms with E-state index in [9.17, 15) is 18.0 Å². The lowest BCUT2D eigenvalue weighted by Gasteiger charge is -2.27. The monoisotopic (exact) mass is 660 g/mol. The van der Waals surface area contributed by atoms with Gasteiger partial charge in [0.15, 0.2) is 5.76 Å². The van der Waals surface area contributed by atoms with E-state index >= 15 is 0 Å². The fourth-order valence-corrected chi connectivity index (χ4v) is 8.93. The molecule has 5 aromatic rings. The summed E-state index contributed by atoms with van der Waals surface area (Å²) in [5, 5.41) is 3.31. The molecule has 0 aliphatic heterocycles. The van der Waals surface area contributed by atoms with Crippen molar-refractivity contribution in [2.75, 3.05) is 7.11 Å². The summed E-state index contributed by atoms with van der Waals surface area (Å²) in [6.45, 7) is 0. The third kappa shape index (κ3) is 6.59. The molecule has 0 aliphatic rings. The lowest BCUT2D eigenvalue weighted by molar-refractivity contribution is -0.137. The van der Waals surface area contributed by atoms with E-state index in [1.54, 1.807) is 6.07 Å². The molecule has 3 nitrogen and oxygen atoms in total. The molecule has 0 bridgehead atoms. The first-order valence-electron chi connectivity index (χ1n) is 12.3. The molecule has 1 aromatic heterocycles. The van der Waals surface area contributed by atoms with E-state index in [-0.39, 0.29) is 35.0 Å². The van der Waals surface area contributed by atoms with Crippen LogP contribution in [-0.2, 0) is 17.1 Å². The van der Waals surface area contributed by atoms with Crippen LogP contribution in [0.15, 0.2) is 126 Å². The van der Waals surface area contributed by atoms with Gasteiger partial charge in [-0.3, -0.25) is 0 Å². The first-order chi connectivity index (χ1) is 18.8. The maximum absolute atomic E-state index is 13.1. The molecule has 9 heteroatoms. The number of hydrogen-bond donors (Lipinski definition) is 0. The Hall–Kier alpha value is -3.38. The molecule has 0 spiro atoms. The molecule has 0 atom stereocenters. The minimum atomic E-state index is -4.45. The molecular formula is C32H26BrClF3O3P. The van der Waals surface area contributed by atoms with Crippen LogP contribution in [0.2, 0.25) is 0 Å². The molecule has 0 fully saturated rings. The molecule has 1 heterocycles. The van der Waals surface area contributed by atoms with Crippen molar-refractivity contribution >= 4 is 41.6 Å². The molecule has 212 valence electrons. The highest BCUT2D eigenvalue weighted by atomic mass is 79.9. The first-order valence-corrected chi connectivity index (χ1v) is 14.2. The average Bonchev–Trinajstić information content (AvgIpc) is 3.40. The molecule has 0 saturated carbocycles. The van der Waals surface area contributed by atoms with Gasteiger partial charge in [0, 0.05) is 5.56 Å². The average molecular weight is 662 g/mol. The van der Waals surface area contributed by atoms with E-state index in [2.05, 4.69) is 36.4 Å². The zero-order chi connectivity index (χ0) is 27.5. The normalized spacial score (nSPS) is 11.2. The lowest BCUT2D eigenvalue weighted by atomic mass is 10.1. The van der Waals surface area contributed by atoms with E-state index < -0.39 is 25.0 Å². The molecule has 0 radical (unpaired) electrons. The van der Waals surface area contributed by atoms with Gasteiger partial charge in [0.05, 0.1) is 12.7 Å². The molecule has 0 saturated heterocycles. The number of benzene rings is 4. The molecule has 0 N–H and O–H groups in total. The topological polar surface area (TPSA) is 39.4 Å². The zero-order valence-electron chi connectivity index (χ0n) is 21.8. The lowest BCUT2D eigenvalue weighted by Crippen LogP contribution is -3.00. The SMILES string of the molecule is COC(=O)c1cc(-c2ccc(C(F)(F)F)cc2)oc1C[P+](c1ccccc1)(c1ccccc1)c1ccccc1.Cl.[Br-]. The summed E-state index contributed by atoms with van der Waals surface area (Å²) in [5.74, 6) is 0.146. The molecule has 0 amide bonds. The second-order valence-corrected chi connectivity index (χ2v) is 12.5. The van der Waals surface area contributed by atoms with Crippen LogP contribution in [0.3, 0.4) is 0 Å². The third-order valence-corrected chi connectivity index (χ3v) is 11.0. The van der Waals surface area contributed by atoms with Gasteiger partial charge in [0.2, 0.25) is 0 Å². The van der Waals surface area contributed by atoms with Gasteiger partial charge in [-0.2, -0.15) is 13.2 Å². The summed E-state index contributed by atoms with van der Waals surface area (Å²) in [6.07, 6.45) is -4.08. The Morgan fingerprint density at radius 1 is 0.756 bits per heavy atom. The Morgan fingerprint density at radius 2 is 1.20 bits per heavy atom. The largest absolute Gasteiger partial charge is 1.00 e. The Labute approximate surface area is 253 Å². The van der Waals surface area contributed by atoms with Crippen LogP contribution in [-0.4, -0.2) is 13.1 Å². The number of carbonyl (C=O) groups is 1. The van der Waals surface area contributed by atoms with Gasteiger partial charge in [0.1, 0.15) is 40.7 Å². The van der Waals surface area contributed by atoms with Crippen molar-refractivity contribution in [1.29, 1.82) is 0 Å². The van der Waals surface area contributed by atoms with Crippen LogP contribution in [0.25, 0.3) is 11.3 Å². The Kier molecular flexibility index (Phi) is 10.6. The van der Waals surface area contributed by atoms with Crippen LogP contribution in [0, 0.1) is 0 Å². The van der Waals surface area contributed by atoms with E-state index in [0.717, 1.165) is 28.0 Å². The van der Waals surface area contributed by atoms with Gasteiger partial charge >= 0.3 is 12.1 Å². The van der Waals surface area contributed by atoms with Gasteiger partial charge in [-0.05, 0) is 54.6 Å². The Morgan fingerprint density at radius 3 is 1.59 bits per heavy atom. The second kappa shape index (κ2) is 13.5. The number of rotatable bonds is 7. The summed E-state index contributed by atoms with van der Waals surface area (Å²) < 4.78 is 50.8. The van der Waals surface area contributed by atoms with Gasteiger partial charge in [-0.25, -0.2) is 4.79 Å². The fourth-order valence-electron chi connectivity index (χ4n) is 4.78. The number of methoxy groups -OCH3 is 1. The zero-order valence-corrected chi connectivity index (χ0v) is 25.1. The van der Waals surface area contributed by atoms with Gasteiger partial charge in [0.25, 0.3) is 0 Å².